The fourth-order valence-electron chi connectivity index (χ4n) is 3.18. The van der Waals surface area contributed by atoms with Crippen LogP contribution in [0.4, 0.5) is 5.69 Å². The zero-order valence-corrected chi connectivity index (χ0v) is 12.4. The fraction of sp³-hybridized carbons (Fsp3) is 0.167. The molecule has 1 aliphatic heterocycles. The average molecular weight is 285 g/mol. The van der Waals surface area contributed by atoms with Crippen LogP contribution in [0.1, 0.15) is 22.3 Å². The summed E-state index contributed by atoms with van der Waals surface area (Å²) < 4.78 is 4.23. The van der Waals surface area contributed by atoms with Gasteiger partial charge >= 0.3 is 0 Å². The second-order valence-corrected chi connectivity index (χ2v) is 5.75. The molecule has 22 heavy (non-hydrogen) atoms. The monoisotopic (exact) mass is 285 g/mol. The quantitative estimate of drug-likeness (QED) is 0.361. The molecule has 0 atom stereocenters. The Morgan fingerprint density at radius 3 is 2.73 bits per heavy atom. The number of benzene rings is 2. The highest BCUT2D eigenvalue weighted by Gasteiger charge is 2.29. The summed E-state index contributed by atoms with van der Waals surface area (Å²) in [6.07, 6.45) is 2.01. The number of fused-ring (bicyclic) bond motifs is 5. The Morgan fingerprint density at radius 1 is 1.23 bits per heavy atom. The zero-order chi connectivity index (χ0) is 15.4. The molecule has 4 rings (SSSR count). The highest BCUT2D eigenvalue weighted by Crippen LogP contribution is 2.31. The maximum Gasteiger partial charge on any atom is 0.205 e. The predicted octanol–water partition coefficient (Wildman–Crippen LogP) is 3.32. The molecule has 0 N–H and O–H groups in total. The van der Waals surface area contributed by atoms with E-state index in [9.17, 15) is 5.26 Å². The molecule has 3 aromatic rings. The van der Waals surface area contributed by atoms with Gasteiger partial charge in [0.2, 0.25) is 6.20 Å². The Labute approximate surface area is 128 Å². The Balaban J connectivity index is 2.11. The SMILES string of the molecule is [C-]#[N+]c1cc(C#N)c2c[n+]3n(c2c1)-c1cc(C)c(C)cc1C3. The third-order valence-electron chi connectivity index (χ3n) is 4.41. The molecule has 1 aromatic heterocycles. The first-order valence-corrected chi connectivity index (χ1v) is 7.09. The van der Waals surface area contributed by atoms with Crippen molar-refractivity contribution in [2.45, 2.75) is 20.4 Å². The molecular formula is C18H13N4+. The van der Waals surface area contributed by atoms with E-state index in [-0.39, 0.29) is 0 Å². The third-order valence-corrected chi connectivity index (χ3v) is 4.41. The molecule has 0 unspecified atom stereocenters. The fourth-order valence-corrected chi connectivity index (χ4v) is 3.18. The summed E-state index contributed by atoms with van der Waals surface area (Å²) in [6.45, 7) is 12.3. The molecule has 0 saturated heterocycles. The lowest BCUT2D eigenvalue weighted by molar-refractivity contribution is -0.749. The molecule has 2 aromatic carbocycles. The molecule has 1 aliphatic rings. The van der Waals surface area contributed by atoms with Crippen LogP contribution in [0.2, 0.25) is 0 Å². The van der Waals surface area contributed by atoms with Crippen molar-refractivity contribution in [3.63, 3.8) is 0 Å². The van der Waals surface area contributed by atoms with E-state index in [4.69, 9.17) is 6.57 Å². The maximum absolute atomic E-state index is 9.35. The third kappa shape index (κ3) is 1.52. The minimum absolute atomic E-state index is 0.503. The van der Waals surface area contributed by atoms with Gasteiger partial charge in [0.25, 0.3) is 0 Å². The molecule has 4 heteroatoms. The van der Waals surface area contributed by atoms with Crippen molar-refractivity contribution in [2.24, 2.45) is 0 Å². The summed E-state index contributed by atoms with van der Waals surface area (Å²) in [4.78, 5) is 3.50. The Morgan fingerprint density at radius 2 is 2.00 bits per heavy atom. The first-order chi connectivity index (χ1) is 10.6. The molecule has 0 aliphatic carbocycles. The largest absolute Gasteiger partial charge is 0.238 e. The van der Waals surface area contributed by atoms with Crippen LogP contribution in [-0.2, 0) is 6.54 Å². The van der Waals surface area contributed by atoms with E-state index in [0.29, 0.717) is 11.3 Å². The number of hydrogen-bond acceptors (Lipinski definition) is 1. The summed E-state index contributed by atoms with van der Waals surface area (Å²) in [6, 6.07) is 10.1. The van der Waals surface area contributed by atoms with Crippen molar-refractivity contribution in [3.05, 3.63) is 64.1 Å². The van der Waals surface area contributed by atoms with Gasteiger partial charge in [-0.15, -0.1) is 9.36 Å². The Bertz CT molecular complexity index is 1040. The predicted molar refractivity (Wildman–Crippen MR) is 83.0 cm³/mol. The highest BCUT2D eigenvalue weighted by molar-refractivity contribution is 5.89. The van der Waals surface area contributed by atoms with Gasteiger partial charge in [0, 0.05) is 5.56 Å². The van der Waals surface area contributed by atoms with E-state index in [1.807, 2.05) is 12.3 Å². The number of nitrogens with zero attached hydrogens (tertiary/aromatic N) is 4. The van der Waals surface area contributed by atoms with Crippen LogP contribution in [0.3, 0.4) is 0 Å². The second kappa shape index (κ2) is 4.19. The van der Waals surface area contributed by atoms with Gasteiger partial charge in [-0.25, -0.2) is 4.85 Å². The zero-order valence-electron chi connectivity index (χ0n) is 12.4. The number of nitriles is 1. The summed E-state index contributed by atoms with van der Waals surface area (Å²) in [5.74, 6) is 0. The second-order valence-electron chi connectivity index (χ2n) is 5.75. The van der Waals surface area contributed by atoms with Crippen molar-refractivity contribution in [1.82, 2.24) is 4.68 Å². The minimum atomic E-state index is 0.503. The lowest BCUT2D eigenvalue weighted by Gasteiger charge is -2.04. The molecule has 0 radical (unpaired) electrons. The van der Waals surface area contributed by atoms with Gasteiger partial charge in [0.15, 0.2) is 12.2 Å². The maximum atomic E-state index is 9.35. The van der Waals surface area contributed by atoms with Gasteiger partial charge in [-0.1, -0.05) is 0 Å². The summed E-state index contributed by atoms with van der Waals surface area (Å²) in [5, 5.41) is 10.3. The topological polar surface area (TPSA) is 37.0 Å². The standard InChI is InChI=1S/C18H13N4/c1-11-4-14-9-21-10-16-13(8-19)6-15(20-3)7-18(16)22(21)17(14)5-12(11)2/h4-7,10H,9H2,1-2H3/q+1. The van der Waals surface area contributed by atoms with Gasteiger partial charge < -0.3 is 0 Å². The van der Waals surface area contributed by atoms with Crippen LogP contribution in [0.25, 0.3) is 21.4 Å². The van der Waals surface area contributed by atoms with Gasteiger partial charge in [-0.05, 0) is 49.2 Å². The normalized spacial score (nSPS) is 11.8. The van der Waals surface area contributed by atoms with Crippen molar-refractivity contribution in [1.29, 1.82) is 5.26 Å². The van der Waals surface area contributed by atoms with Crippen LogP contribution in [0.5, 0.6) is 0 Å². The van der Waals surface area contributed by atoms with Gasteiger partial charge in [-0.3, -0.25) is 0 Å². The molecule has 4 nitrogen and oxygen atoms in total. The van der Waals surface area contributed by atoms with Crippen LogP contribution in [0.15, 0.2) is 30.5 Å². The van der Waals surface area contributed by atoms with Gasteiger partial charge in [0.05, 0.1) is 23.6 Å². The number of aryl methyl sites for hydroxylation is 2. The lowest BCUT2D eigenvalue weighted by atomic mass is 10.0. The van der Waals surface area contributed by atoms with E-state index in [2.05, 4.69) is 46.3 Å². The van der Waals surface area contributed by atoms with Gasteiger partial charge in [-0.2, -0.15) is 5.26 Å². The van der Waals surface area contributed by atoms with Crippen LogP contribution >= 0.6 is 0 Å². The molecule has 0 bridgehead atoms. The average Bonchev–Trinajstić information content (AvgIpc) is 3.03. The highest BCUT2D eigenvalue weighted by atomic mass is 15.4. The van der Waals surface area contributed by atoms with Crippen molar-refractivity contribution in [2.75, 3.05) is 0 Å². The first kappa shape index (κ1) is 12.6. The summed E-state index contributed by atoms with van der Waals surface area (Å²) >= 11 is 0. The summed E-state index contributed by atoms with van der Waals surface area (Å²) in [7, 11) is 0. The van der Waals surface area contributed by atoms with Gasteiger partial charge in [0.1, 0.15) is 11.2 Å². The molecular weight excluding hydrogens is 272 g/mol. The first-order valence-electron chi connectivity index (χ1n) is 7.09. The minimum Gasteiger partial charge on any atom is -0.238 e. The number of rotatable bonds is 0. The summed E-state index contributed by atoms with van der Waals surface area (Å²) in [5.41, 5.74) is 6.93. The number of hydrogen-bond donors (Lipinski definition) is 0. The molecule has 0 fully saturated rings. The van der Waals surface area contributed by atoms with Crippen LogP contribution in [0, 0.1) is 31.8 Å². The van der Waals surface area contributed by atoms with Crippen molar-refractivity contribution >= 4 is 16.6 Å². The van der Waals surface area contributed by atoms with E-state index >= 15 is 0 Å². The van der Waals surface area contributed by atoms with E-state index in [0.717, 1.165) is 23.1 Å². The van der Waals surface area contributed by atoms with E-state index in [1.54, 1.807) is 6.07 Å². The molecule has 104 valence electrons. The Kier molecular flexibility index (Phi) is 2.40. The molecule has 2 heterocycles. The van der Waals surface area contributed by atoms with E-state index in [1.165, 1.54) is 16.7 Å². The lowest BCUT2D eigenvalue weighted by Crippen LogP contribution is -2.36. The van der Waals surface area contributed by atoms with Crippen molar-refractivity contribution in [3.8, 4) is 11.8 Å². The van der Waals surface area contributed by atoms with Crippen LogP contribution in [-0.4, -0.2) is 4.68 Å². The smallest absolute Gasteiger partial charge is 0.205 e. The molecule has 0 amide bonds. The number of aromatic nitrogens is 2. The molecule has 0 spiro atoms. The van der Waals surface area contributed by atoms with E-state index < -0.39 is 0 Å². The Hall–Kier alpha value is -3.11. The van der Waals surface area contributed by atoms with Crippen LogP contribution < -0.4 is 4.68 Å². The molecule has 0 saturated carbocycles. The van der Waals surface area contributed by atoms with Crippen molar-refractivity contribution < 1.29 is 4.68 Å².